The van der Waals surface area contributed by atoms with Gasteiger partial charge in [0.25, 0.3) is 0 Å². The summed E-state index contributed by atoms with van der Waals surface area (Å²) in [5, 5.41) is 25.8. The van der Waals surface area contributed by atoms with E-state index in [-0.39, 0.29) is 11.9 Å². The minimum atomic E-state index is -1.000. The van der Waals surface area contributed by atoms with Gasteiger partial charge in [0.1, 0.15) is 0 Å². The zero-order chi connectivity index (χ0) is 10.7. The van der Waals surface area contributed by atoms with Gasteiger partial charge in [0.05, 0.1) is 0 Å². The van der Waals surface area contributed by atoms with E-state index in [9.17, 15) is 0 Å². The van der Waals surface area contributed by atoms with Crippen molar-refractivity contribution in [2.24, 2.45) is 22.9 Å². The molecule has 0 atom stereocenters. The Kier molecular flexibility index (Phi) is 16.6. The predicted octanol–water partition coefficient (Wildman–Crippen LogP) is -1.94. The van der Waals surface area contributed by atoms with Crippen LogP contribution in [0.2, 0.25) is 0 Å². The lowest BCUT2D eigenvalue weighted by Gasteiger charge is -1.69. The van der Waals surface area contributed by atoms with E-state index >= 15 is 0 Å². The highest BCUT2D eigenvalue weighted by atomic mass is 32.1. The number of nitrogens with two attached hydrogens (primary N) is 4. The molecule has 0 aliphatic carbocycles. The van der Waals surface area contributed by atoms with Crippen LogP contribution in [0, 0.1) is 10.8 Å². The Morgan fingerprint density at radius 3 is 0.917 bits per heavy atom. The van der Waals surface area contributed by atoms with Gasteiger partial charge in [0.15, 0.2) is 11.9 Å². The first-order valence-electron chi connectivity index (χ1n) is 2.31. The molecular formula is C3H12N6O2S. The first-order chi connectivity index (χ1) is 5.20. The Balaban J connectivity index is -0.000000101. The van der Waals surface area contributed by atoms with Gasteiger partial charge in [-0.2, -0.15) is 0 Å². The summed E-state index contributed by atoms with van der Waals surface area (Å²) < 4.78 is 0. The molecule has 12 N–H and O–H groups in total. The standard InChI is InChI=1S/2CH5N3.CH2O2S/c3*2-1(3)4/h2*(H5,2,3,4);(H2,2,3,4). The van der Waals surface area contributed by atoms with Gasteiger partial charge < -0.3 is 33.1 Å². The van der Waals surface area contributed by atoms with E-state index in [2.05, 4.69) is 35.2 Å². The summed E-state index contributed by atoms with van der Waals surface area (Å²) in [4.78, 5) is 0. The summed E-state index contributed by atoms with van der Waals surface area (Å²) in [5.74, 6) is -0.667. The Labute approximate surface area is 74.2 Å². The van der Waals surface area contributed by atoms with Crippen molar-refractivity contribution < 1.29 is 10.2 Å². The number of hydrogen-bond acceptors (Lipinski definition) is 3. The maximum Gasteiger partial charge on any atom is 0.347 e. The maximum atomic E-state index is 7.34. The Morgan fingerprint density at radius 2 is 0.917 bits per heavy atom. The highest BCUT2D eigenvalue weighted by molar-refractivity contribution is 7.79. The molecule has 0 bridgehead atoms. The van der Waals surface area contributed by atoms with E-state index in [0.717, 1.165) is 0 Å². The molecule has 0 heterocycles. The topological polar surface area (TPSA) is 192 Å². The molecule has 72 valence electrons. The highest BCUT2D eigenvalue weighted by Gasteiger charge is 1.62. The van der Waals surface area contributed by atoms with E-state index in [1.807, 2.05) is 0 Å². The monoisotopic (exact) mass is 196 g/mol. The van der Waals surface area contributed by atoms with Gasteiger partial charge in [-0.15, -0.1) is 0 Å². The molecule has 0 amide bonds. The number of nitrogens with one attached hydrogen (secondary N) is 2. The van der Waals surface area contributed by atoms with Crippen LogP contribution in [0.25, 0.3) is 0 Å². The van der Waals surface area contributed by atoms with Crippen molar-refractivity contribution in [3.8, 4) is 0 Å². The molecule has 0 spiro atoms. The second kappa shape index (κ2) is 12.0. The summed E-state index contributed by atoms with van der Waals surface area (Å²) in [7, 11) is 0. The van der Waals surface area contributed by atoms with Crippen molar-refractivity contribution in [2.45, 2.75) is 0 Å². The second-order valence-electron chi connectivity index (χ2n) is 1.19. The first kappa shape index (κ1) is 16.7. The fourth-order valence-electron chi connectivity index (χ4n) is 0. The van der Waals surface area contributed by atoms with E-state index in [4.69, 9.17) is 21.0 Å². The largest absolute Gasteiger partial charge is 0.473 e. The lowest BCUT2D eigenvalue weighted by Crippen LogP contribution is -2.20. The van der Waals surface area contributed by atoms with Crippen molar-refractivity contribution in [1.29, 1.82) is 10.8 Å². The van der Waals surface area contributed by atoms with Crippen LogP contribution in [-0.4, -0.2) is 27.4 Å². The SMILES string of the molecule is N=C(N)N.N=C(N)N.OC(O)=S. The van der Waals surface area contributed by atoms with Gasteiger partial charge in [0.2, 0.25) is 0 Å². The van der Waals surface area contributed by atoms with Crippen molar-refractivity contribution in [2.75, 3.05) is 0 Å². The molecule has 0 aromatic carbocycles. The highest BCUT2D eigenvalue weighted by Crippen LogP contribution is 1.47. The molecule has 9 heteroatoms. The predicted molar refractivity (Wildman–Crippen MR) is 50.1 cm³/mol. The van der Waals surface area contributed by atoms with Gasteiger partial charge in [-0.1, -0.05) is 0 Å². The van der Waals surface area contributed by atoms with Crippen LogP contribution < -0.4 is 22.9 Å². The lowest BCUT2D eigenvalue weighted by atomic mass is 11.1. The number of rotatable bonds is 0. The number of guanidine groups is 2. The number of hydrogen-bond donors (Lipinski definition) is 8. The summed E-state index contributed by atoms with van der Waals surface area (Å²) in [6.45, 7) is 0. The minimum absolute atomic E-state index is 0.333. The zero-order valence-corrected chi connectivity index (χ0v) is 6.93. The molecule has 0 saturated carbocycles. The molecule has 12 heavy (non-hydrogen) atoms. The molecule has 0 aromatic heterocycles. The second-order valence-corrected chi connectivity index (χ2v) is 1.56. The molecular weight excluding hydrogens is 184 g/mol. The van der Waals surface area contributed by atoms with Gasteiger partial charge >= 0.3 is 5.24 Å². The van der Waals surface area contributed by atoms with E-state index in [0.29, 0.717) is 0 Å². The summed E-state index contributed by atoms with van der Waals surface area (Å²) >= 11 is 3.65. The summed E-state index contributed by atoms with van der Waals surface area (Å²) in [5.41, 5.74) is 17.9. The molecule has 0 aromatic rings. The molecule has 0 aliphatic rings. The molecule has 0 unspecified atom stereocenters. The Morgan fingerprint density at radius 1 is 0.917 bits per heavy atom. The molecule has 0 fully saturated rings. The van der Waals surface area contributed by atoms with Crippen molar-refractivity contribution in [1.82, 2.24) is 0 Å². The molecule has 0 rings (SSSR count). The Hall–Kier alpha value is -1.77. The van der Waals surface area contributed by atoms with Crippen LogP contribution in [0.5, 0.6) is 0 Å². The van der Waals surface area contributed by atoms with Gasteiger partial charge in [0, 0.05) is 12.2 Å². The van der Waals surface area contributed by atoms with Crippen LogP contribution in [0.15, 0.2) is 0 Å². The van der Waals surface area contributed by atoms with Gasteiger partial charge in [-0.3, -0.25) is 10.8 Å². The molecule has 0 radical (unpaired) electrons. The van der Waals surface area contributed by atoms with E-state index in [1.165, 1.54) is 0 Å². The average molecular weight is 196 g/mol. The lowest BCUT2D eigenvalue weighted by molar-refractivity contribution is 0.386. The molecule has 8 nitrogen and oxygen atoms in total. The summed E-state index contributed by atoms with van der Waals surface area (Å²) in [6.07, 6.45) is 0. The fraction of sp³-hybridized carbons (Fsp3) is 0. The maximum absolute atomic E-state index is 7.34. The quantitative estimate of drug-likeness (QED) is 0.125. The van der Waals surface area contributed by atoms with Crippen LogP contribution in [-0.2, 0) is 0 Å². The van der Waals surface area contributed by atoms with Crippen LogP contribution in [0.4, 0.5) is 0 Å². The molecule has 0 saturated heterocycles. The third kappa shape index (κ3) is 137. The van der Waals surface area contributed by atoms with Crippen molar-refractivity contribution in [3.63, 3.8) is 0 Å². The number of aliphatic hydroxyl groups excluding tert-OH is 1. The fourth-order valence-corrected chi connectivity index (χ4v) is 0. The van der Waals surface area contributed by atoms with Crippen LogP contribution >= 0.6 is 12.2 Å². The average Bonchev–Trinajstić information content (AvgIpc) is 1.54. The third-order valence-electron chi connectivity index (χ3n) is 0. The Bertz CT molecular complexity index is 118. The van der Waals surface area contributed by atoms with Crippen LogP contribution in [0.3, 0.4) is 0 Å². The minimum Gasteiger partial charge on any atom is -0.473 e. The third-order valence-corrected chi connectivity index (χ3v) is 0. The molecule has 0 aliphatic heterocycles. The first-order valence-corrected chi connectivity index (χ1v) is 2.71. The smallest absolute Gasteiger partial charge is 0.347 e. The van der Waals surface area contributed by atoms with Crippen molar-refractivity contribution in [3.05, 3.63) is 0 Å². The number of aliphatic hydroxyl groups is 2. The van der Waals surface area contributed by atoms with Crippen LogP contribution in [0.1, 0.15) is 0 Å². The zero-order valence-electron chi connectivity index (χ0n) is 6.11. The van der Waals surface area contributed by atoms with Crippen molar-refractivity contribution >= 4 is 29.4 Å². The van der Waals surface area contributed by atoms with E-state index < -0.39 is 5.24 Å². The normalized spacial score (nSPS) is 6.00. The van der Waals surface area contributed by atoms with Gasteiger partial charge in [-0.05, 0) is 0 Å². The summed E-state index contributed by atoms with van der Waals surface area (Å²) in [6, 6.07) is 0. The number of thiocarbonyl (C=S) groups is 1. The van der Waals surface area contributed by atoms with Gasteiger partial charge in [-0.25, -0.2) is 0 Å². The van der Waals surface area contributed by atoms with E-state index in [1.54, 1.807) is 0 Å².